The fourth-order valence-corrected chi connectivity index (χ4v) is 3.17. The minimum absolute atomic E-state index is 0.0217. The predicted octanol–water partition coefficient (Wildman–Crippen LogP) is 1.59. The highest BCUT2D eigenvalue weighted by Crippen LogP contribution is 2.12. The lowest BCUT2D eigenvalue weighted by Crippen LogP contribution is -2.49. The SMILES string of the molecule is C[C@H](NC(=O)Cc1cc(F)ccc1F)C(=O)N1CCSCC1. The lowest BCUT2D eigenvalue weighted by Gasteiger charge is -2.29. The molecule has 0 radical (unpaired) electrons. The van der Waals surface area contributed by atoms with Gasteiger partial charge in [0, 0.05) is 30.2 Å². The first-order chi connectivity index (χ1) is 10.5. The van der Waals surface area contributed by atoms with Crippen LogP contribution < -0.4 is 5.32 Å². The van der Waals surface area contributed by atoms with E-state index in [2.05, 4.69) is 5.32 Å². The van der Waals surface area contributed by atoms with E-state index >= 15 is 0 Å². The molecule has 1 aromatic carbocycles. The van der Waals surface area contributed by atoms with E-state index in [1.54, 1.807) is 23.6 Å². The van der Waals surface area contributed by atoms with Crippen molar-refractivity contribution in [3.05, 3.63) is 35.4 Å². The Hall–Kier alpha value is -1.63. The quantitative estimate of drug-likeness (QED) is 0.913. The van der Waals surface area contributed by atoms with Crippen LogP contribution in [-0.4, -0.2) is 47.4 Å². The van der Waals surface area contributed by atoms with E-state index in [0.29, 0.717) is 13.1 Å². The van der Waals surface area contributed by atoms with Crippen LogP contribution in [0.3, 0.4) is 0 Å². The van der Waals surface area contributed by atoms with Crippen molar-refractivity contribution < 1.29 is 18.4 Å². The van der Waals surface area contributed by atoms with E-state index in [9.17, 15) is 18.4 Å². The summed E-state index contributed by atoms with van der Waals surface area (Å²) >= 11 is 1.79. The minimum atomic E-state index is -0.674. The fourth-order valence-electron chi connectivity index (χ4n) is 2.26. The molecular formula is C15H18F2N2O2S. The van der Waals surface area contributed by atoms with Crippen molar-refractivity contribution in [3.63, 3.8) is 0 Å². The lowest BCUT2D eigenvalue weighted by atomic mass is 10.1. The maximum absolute atomic E-state index is 13.5. The molecule has 0 aromatic heterocycles. The summed E-state index contributed by atoms with van der Waals surface area (Å²) in [5.74, 6) is -0.102. The van der Waals surface area contributed by atoms with E-state index in [4.69, 9.17) is 0 Å². The zero-order valence-electron chi connectivity index (χ0n) is 12.3. The van der Waals surface area contributed by atoms with Crippen LogP contribution in [-0.2, 0) is 16.0 Å². The average Bonchev–Trinajstić information content (AvgIpc) is 2.51. The molecule has 0 aliphatic carbocycles. The fraction of sp³-hybridized carbons (Fsp3) is 0.467. The average molecular weight is 328 g/mol. The maximum atomic E-state index is 13.5. The highest BCUT2D eigenvalue weighted by Gasteiger charge is 2.23. The van der Waals surface area contributed by atoms with Gasteiger partial charge in [0.1, 0.15) is 17.7 Å². The van der Waals surface area contributed by atoms with Crippen LogP contribution in [0.4, 0.5) is 8.78 Å². The van der Waals surface area contributed by atoms with Gasteiger partial charge >= 0.3 is 0 Å². The van der Waals surface area contributed by atoms with Crippen LogP contribution in [0.1, 0.15) is 12.5 Å². The topological polar surface area (TPSA) is 49.4 Å². The van der Waals surface area contributed by atoms with E-state index in [1.165, 1.54) is 0 Å². The van der Waals surface area contributed by atoms with Gasteiger partial charge in [-0.15, -0.1) is 0 Å². The molecule has 1 aliphatic rings. The second-order valence-corrected chi connectivity index (χ2v) is 6.36. The van der Waals surface area contributed by atoms with E-state index < -0.39 is 23.6 Å². The molecule has 1 atom stereocenters. The highest BCUT2D eigenvalue weighted by molar-refractivity contribution is 7.99. The van der Waals surface area contributed by atoms with Crippen molar-refractivity contribution in [2.24, 2.45) is 0 Å². The first-order valence-corrected chi connectivity index (χ1v) is 8.22. The Morgan fingerprint density at radius 3 is 2.68 bits per heavy atom. The van der Waals surface area contributed by atoms with Crippen LogP contribution in [0.15, 0.2) is 18.2 Å². The van der Waals surface area contributed by atoms with E-state index in [-0.39, 0.29) is 17.9 Å². The first kappa shape index (κ1) is 16.7. The van der Waals surface area contributed by atoms with E-state index in [1.807, 2.05) is 0 Å². The molecule has 1 aromatic rings. The number of hydrogen-bond donors (Lipinski definition) is 1. The minimum Gasteiger partial charge on any atom is -0.344 e. The van der Waals surface area contributed by atoms with Gasteiger partial charge < -0.3 is 10.2 Å². The van der Waals surface area contributed by atoms with Crippen molar-refractivity contribution in [1.29, 1.82) is 0 Å². The Balaban J connectivity index is 1.90. The van der Waals surface area contributed by atoms with Crippen molar-refractivity contribution in [3.8, 4) is 0 Å². The Morgan fingerprint density at radius 1 is 1.32 bits per heavy atom. The van der Waals surface area contributed by atoms with Crippen LogP contribution in [0.2, 0.25) is 0 Å². The third-order valence-corrected chi connectivity index (χ3v) is 4.37. The Labute approximate surface area is 132 Å². The Kier molecular flexibility index (Phi) is 5.76. The summed E-state index contributed by atoms with van der Waals surface area (Å²) in [4.78, 5) is 25.8. The molecule has 2 rings (SSSR count). The summed E-state index contributed by atoms with van der Waals surface area (Å²) in [6.45, 7) is 2.94. The number of thioether (sulfide) groups is 1. The van der Waals surface area contributed by atoms with Gasteiger partial charge in [-0.1, -0.05) is 0 Å². The van der Waals surface area contributed by atoms with Crippen LogP contribution in [0.25, 0.3) is 0 Å². The van der Waals surface area contributed by atoms with Crippen molar-refractivity contribution in [1.82, 2.24) is 10.2 Å². The van der Waals surface area contributed by atoms with Crippen molar-refractivity contribution >= 4 is 23.6 Å². The summed E-state index contributed by atoms with van der Waals surface area (Å²) < 4.78 is 26.6. The molecule has 0 spiro atoms. The third-order valence-electron chi connectivity index (χ3n) is 3.43. The van der Waals surface area contributed by atoms with Gasteiger partial charge in [0.25, 0.3) is 0 Å². The smallest absolute Gasteiger partial charge is 0.244 e. The number of nitrogens with zero attached hydrogens (tertiary/aromatic N) is 1. The third kappa shape index (κ3) is 4.43. The maximum Gasteiger partial charge on any atom is 0.244 e. The number of halogens is 2. The Morgan fingerprint density at radius 2 is 2.00 bits per heavy atom. The van der Waals surface area contributed by atoms with Gasteiger partial charge in [0.05, 0.1) is 6.42 Å². The zero-order valence-corrected chi connectivity index (χ0v) is 13.1. The molecule has 0 saturated carbocycles. The van der Waals surface area contributed by atoms with Gasteiger partial charge in [0.2, 0.25) is 11.8 Å². The predicted molar refractivity (Wildman–Crippen MR) is 81.6 cm³/mol. The molecule has 4 nitrogen and oxygen atoms in total. The highest BCUT2D eigenvalue weighted by atomic mass is 32.2. The molecule has 1 aliphatic heterocycles. The second-order valence-electron chi connectivity index (χ2n) is 5.14. The first-order valence-electron chi connectivity index (χ1n) is 7.07. The molecular weight excluding hydrogens is 310 g/mol. The van der Waals surface area contributed by atoms with Crippen LogP contribution in [0, 0.1) is 11.6 Å². The standard InChI is InChI=1S/C15H18F2N2O2S/c1-10(15(21)19-4-6-22-7-5-19)18-14(20)9-11-8-12(16)2-3-13(11)17/h2-3,8,10H,4-7,9H2,1H3,(H,18,20)/t10-/m0/s1. The molecule has 120 valence electrons. The lowest BCUT2D eigenvalue weighted by molar-refractivity contribution is -0.135. The summed E-state index contributed by atoms with van der Waals surface area (Å²) in [5.41, 5.74) is -0.0217. The number of hydrogen-bond acceptors (Lipinski definition) is 3. The molecule has 1 heterocycles. The number of carbonyl (C=O) groups is 2. The molecule has 22 heavy (non-hydrogen) atoms. The molecule has 0 bridgehead atoms. The number of amides is 2. The normalized spacial score (nSPS) is 16.2. The van der Waals surface area contributed by atoms with Crippen molar-refractivity contribution in [2.45, 2.75) is 19.4 Å². The molecule has 1 N–H and O–H groups in total. The van der Waals surface area contributed by atoms with Gasteiger partial charge in [-0.05, 0) is 25.1 Å². The monoisotopic (exact) mass is 328 g/mol. The van der Waals surface area contributed by atoms with E-state index in [0.717, 1.165) is 29.7 Å². The van der Waals surface area contributed by atoms with Gasteiger partial charge in [0.15, 0.2) is 0 Å². The number of benzene rings is 1. The number of rotatable bonds is 4. The molecule has 2 amide bonds. The largest absolute Gasteiger partial charge is 0.344 e. The zero-order chi connectivity index (χ0) is 16.1. The summed E-state index contributed by atoms with van der Waals surface area (Å²) in [7, 11) is 0. The van der Waals surface area contributed by atoms with Crippen LogP contribution >= 0.6 is 11.8 Å². The second kappa shape index (κ2) is 7.58. The van der Waals surface area contributed by atoms with Crippen LogP contribution in [0.5, 0.6) is 0 Å². The summed E-state index contributed by atoms with van der Waals surface area (Å²) in [6, 6.07) is 2.30. The van der Waals surface area contributed by atoms with Gasteiger partial charge in [-0.25, -0.2) is 8.78 Å². The van der Waals surface area contributed by atoms with Gasteiger partial charge in [-0.2, -0.15) is 11.8 Å². The molecule has 1 saturated heterocycles. The van der Waals surface area contributed by atoms with Crippen molar-refractivity contribution in [2.75, 3.05) is 24.6 Å². The molecule has 7 heteroatoms. The summed E-state index contributed by atoms with van der Waals surface area (Å²) in [6.07, 6.45) is -0.295. The number of nitrogens with one attached hydrogen (secondary N) is 1. The Bertz CT molecular complexity index is 562. The molecule has 1 fully saturated rings. The summed E-state index contributed by atoms with van der Waals surface area (Å²) in [5, 5.41) is 2.55. The van der Waals surface area contributed by atoms with Gasteiger partial charge in [-0.3, -0.25) is 9.59 Å². The molecule has 0 unspecified atom stereocenters. The number of carbonyl (C=O) groups excluding carboxylic acids is 2.